The molecule has 0 saturated carbocycles. The molecule has 3 rings (SSSR count). The molecule has 3 aromatic carbocycles. The molecule has 10 heteroatoms. The Bertz CT molecular complexity index is 1240. The van der Waals surface area contributed by atoms with Crippen LogP contribution in [0.2, 0.25) is 0 Å². The van der Waals surface area contributed by atoms with E-state index in [4.69, 9.17) is 9.47 Å². The summed E-state index contributed by atoms with van der Waals surface area (Å²) in [6.45, 7) is 4.52. The van der Waals surface area contributed by atoms with E-state index in [1.165, 1.54) is 36.4 Å². The molecule has 0 bridgehead atoms. The molecule has 0 aliphatic heterocycles. The molecule has 0 aliphatic carbocycles. The fraction of sp³-hybridized carbons (Fsp3) is 0.167. The highest BCUT2D eigenvalue weighted by atomic mass is 32.2. The van der Waals surface area contributed by atoms with Crippen LogP contribution in [-0.2, 0) is 10.0 Å². The van der Waals surface area contributed by atoms with Crippen molar-refractivity contribution in [2.45, 2.75) is 18.7 Å². The number of hydrogen-bond acceptors (Lipinski definition) is 6. The summed E-state index contributed by atoms with van der Waals surface area (Å²) in [6, 6.07) is 18.5. The minimum absolute atomic E-state index is 0.0767. The Labute approximate surface area is 198 Å². The van der Waals surface area contributed by atoms with Crippen LogP contribution < -0.4 is 25.0 Å². The number of carbonyl (C=O) groups excluding carboxylic acids is 2. The van der Waals surface area contributed by atoms with Gasteiger partial charge in [-0.05, 0) is 74.5 Å². The smallest absolute Gasteiger partial charge is 0.273 e. The molecule has 0 radical (unpaired) electrons. The molecule has 0 fully saturated rings. The van der Waals surface area contributed by atoms with Crippen LogP contribution in [0.4, 0.5) is 5.69 Å². The van der Waals surface area contributed by atoms with Crippen LogP contribution >= 0.6 is 0 Å². The fourth-order valence-electron chi connectivity index (χ4n) is 2.97. The van der Waals surface area contributed by atoms with E-state index in [0.29, 0.717) is 24.7 Å². The largest absolute Gasteiger partial charge is 0.494 e. The van der Waals surface area contributed by atoms with Gasteiger partial charge < -0.3 is 9.47 Å². The normalized spacial score (nSPS) is 10.8. The van der Waals surface area contributed by atoms with Crippen LogP contribution in [0.25, 0.3) is 0 Å². The third-order valence-electron chi connectivity index (χ3n) is 4.57. The predicted octanol–water partition coefficient (Wildman–Crippen LogP) is 3.36. The number of amides is 2. The summed E-state index contributed by atoms with van der Waals surface area (Å²) in [5.74, 6) is -0.119. The van der Waals surface area contributed by atoms with Gasteiger partial charge in [0.25, 0.3) is 21.8 Å². The molecule has 34 heavy (non-hydrogen) atoms. The number of carbonyl (C=O) groups is 2. The molecule has 0 aliphatic rings. The maximum absolute atomic E-state index is 12.6. The third kappa shape index (κ3) is 6.26. The number of nitrogens with one attached hydrogen (secondary N) is 3. The summed E-state index contributed by atoms with van der Waals surface area (Å²) in [4.78, 5) is 24.9. The predicted molar refractivity (Wildman–Crippen MR) is 127 cm³/mol. The number of rotatable bonds is 9. The van der Waals surface area contributed by atoms with Crippen molar-refractivity contribution >= 4 is 27.5 Å². The van der Waals surface area contributed by atoms with Crippen molar-refractivity contribution < 1.29 is 27.5 Å². The van der Waals surface area contributed by atoms with Crippen LogP contribution in [0.3, 0.4) is 0 Å². The van der Waals surface area contributed by atoms with Gasteiger partial charge in [-0.1, -0.05) is 12.1 Å². The number of anilines is 1. The molecular formula is C24H25N3O6S. The highest BCUT2D eigenvalue weighted by molar-refractivity contribution is 7.92. The lowest BCUT2D eigenvalue weighted by atomic mass is 10.2. The van der Waals surface area contributed by atoms with E-state index in [-0.39, 0.29) is 21.7 Å². The lowest BCUT2D eigenvalue weighted by Crippen LogP contribution is -2.41. The zero-order valence-electron chi connectivity index (χ0n) is 18.7. The minimum atomic E-state index is -3.81. The molecule has 0 spiro atoms. The van der Waals surface area contributed by atoms with Crippen molar-refractivity contribution in [1.82, 2.24) is 10.9 Å². The second-order valence-electron chi connectivity index (χ2n) is 6.92. The quantitative estimate of drug-likeness (QED) is 0.401. The average Bonchev–Trinajstić information content (AvgIpc) is 2.84. The van der Waals surface area contributed by atoms with Gasteiger partial charge in [-0.2, -0.15) is 0 Å². The van der Waals surface area contributed by atoms with E-state index in [9.17, 15) is 18.0 Å². The van der Waals surface area contributed by atoms with Gasteiger partial charge in [0.2, 0.25) is 0 Å². The monoisotopic (exact) mass is 483 g/mol. The zero-order chi connectivity index (χ0) is 24.6. The summed E-state index contributed by atoms with van der Waals surface area (Å²) in [5, 5.41) is 0. The van der Waals surface area contributed by atoms with Crippen LogP contribution in [-0.4, -0.2) is 33.4 Å². The van der Waals surface area contributed by atoms with Gasteiger partial charge >= 0.3 is 0 Å². The van der Waals surface area contributed by atoms with E-state index in [0.717, 1.165) is 0 Å². The lowest BCUT2D eigenvalue weighted by Gasteiger charge is -2.12. The topological polar surface area (TPSA) is 123 Å². The van der Waals surface area contributed by atoms with Crippen molar-refractivity contribution in [3.63, 3.8) is 0 Å². The molecule has 0 saturated heterocycles. The Morgan fingerprint density at radius 3 is 2.03 bits per heavy atom. The van der Waals surface area contributed by atoms with Gasteiger partial charge in [-0.15, -0.1) is 0 Å². The Morgan fingerprint density at radius 2 is 1.38 bits per heavy atom. The highest BCUT2D eigenvalue weighted by Gasteiger charge is 2.16. The van der Waals surface area contributed by atoms with Crippen molar-refractivity contribution in [2.75, 3.05) is 17.9 Å². The summed E-state index contributed by atoms with van der Waals surface area (Å²) in [7, 11) is -3.81. The standard InChI is InChI=1S/C24H25N3O6S/c1-3-32-19-13-15-20(16-14-19)34(30,31)27-18-11-9-17(10-12-18)23(28)25-26-24(29)21-7-5-6-8-22(21)33-4-2/h5-16,27H,3-4H2,1-2H3,(H,25,28)(H,26,29). The number of para-hydroxylation sites is 1. The second-order valence-corrected chi connectivity index (χ2v) is 8.61. The van der Waals surface area contributed by atoms with Gasteiger partial charge in [0, 0.05) is 11.3 Å². The van der Waals surface area contributed by atoms with Crippen LogP contribution in [0.15, 0.2) is 77.7 Å². The molecular weight excluding hydrogens is 458 g/mol. The van der Waals surface area contributed by atoms with Gasteiger partial charge in [-0.25, -0.2) is 8.42 Å². The fourth-order valence-corrected chi connectivity index (χ4v) is 4.03. The van der Waals surface area contributed by atoms with E-state index < -0.39 is 21.8 Å². The zero-order valence-corrected chi connectivity index (χ0v) is 19.5. The summed E-state index contributed by atoms with van der Waals surface area (Å²) in [6.07, 6.45) is 0. The molecule has 9 nitrogen and oxygen atoms in total. The Balaban J connectivity index is 1.60. The van der Waals surface area contributed by atoms with Crippen molar-refractivity contribution in [3.05, 3.63) is 83.9 Å². The van der Waals surface area contributed by atoms with E-state index >= 15 is 0 Å². The maximum Gasteiger partial charge on any atom is 0.273 e. The van der Waals surface area contributed by atoms with Crippen LogP contribution in [0, 0.1) is 0 Å². The summed E-state index contributed by atoms with van der Waals surface area (Å²) in [5.41, 5.74) is 5.46. The molecule has 2 amide bonds. The number of ether oxygens (including phenoxy) is 2. The Kier molecular flexibility index (Phi) is 8.10. The average molecular weight is 484 g/mol. The second kappa shape index (κ2) is 11.2. The SMILES string of the molecule is CCOc1ccc(S(=O)(=O)Nc2ccc(C(=O)NNC(=O)c3ccccc3OCC)cc2)cc1. The van der Waals surface area contributed by atoms with E-state index in [2.05, 4.69) is 15.6 Å². The molecule has 0 heterocycles. The van der Waals surface area contributed by atoms with Crippen molar-refractivity contribution in [2.24, 2.45) is 0 Å². The first kappa shape index (κ1) is 24.6. The van der Waals surface area contributed by atoms with E-state index in [1.807, 2.05) is 6.92 Å². The number of hydrogen-bond donors (Lipinski definition) is 3. The summed E-state index contributed by atoms with van der Waals surface area (Å²) >= 11 is 0. The number of hydrazine groups is 1. The highest BCUT2D eigenvalue weighted by Crippen LogP contribution is 2.20. The third-order valence-corrected chi connectivity index (χ3v) is 5.96. The molecule has 0 unspecified atom stereocenters. The minimum Gasteiger partial charge on any atom is -0.494 e. The van der Waals surface area contributed by atoms with Gasteiger partial charge in [0.05, 0.1) is 23.7 Å². The van der Waals surface area contributed by atoms with Crippen LogP contribution in [0.5, 0.6) is 11.5 Å². The maximum atomic E-state index is 12.6. The van der Waals surface area contributed by atoms with Crippen molar-refractivity contribution in [1.29, 1.82) is 0 Å². The molecule has 3 N–H and O–H groups in total. The first-order valence-corrected chi connectivity index (χ1v) is 12.0. The number of sulfonamides is 1. The van der Waals surface area contributed by atoms with Crippen molar-refractivity contribution in [3.8, 4) is 11.5 Å². The first-order chi connectivity index (χ1) is 16.3. The van der Waals surface area contributed by atoms with Gasteiger partial charge in [0.1, 0.15) is 11.5 Å². The summed E-state index contributed by atoms with van der Waals surface area (Å²) < 4.78 is 38.4. The van der Waals surface area contributed by atoms with Crippen LogP contribution in [0.1, 0.15) is 34.6 Å². The van der Waals surface area contributed by atoms with Gasteiger partial charge in [-0.3, -0.25) is 25.2 Å². The molecule has 178 valence electrons. The Morgan fingerprint density at radius 1 is 0.765 bits per heavy atom. The Hall–Kier alpha value is -4.05. The molecule has 0 aromatic heterocycles. The number of benzene rings is 3. The van der Waals surface area contributed by atoms with Gasteiger partial charge in [0.15, 0.2) is 0 Å². The van der Waals surface area contributed by atoms with E-state index in [1.54, 1.807) is 43.3 Å². The molecule has 3 aromatic rings. The first-order valence-electron chi connectivity index (χ1n) is 10.5. The molecule has 0 atom stereocenters. The lowest BCUT2D eigenvalue weighted by molar-refractivity contribution is 0.0844.